The summed E-state index contributed by atoms with van der Waals surface area (Å²) in [7, 11) is 0. The number of rotatable bonds is 5. The van der Waals surface area contributed by atoms with Gasteiger partial charge in [0.2, 0.25) is 0 Å². The van der Waals surface area contributed by atoms with Crippen molar-refractivity contribution in [3.05, 3.63) is 52.3 Å². The molecule has 1 aromatic heterocycles. The summed E-state index contributed by atoms with van der Waals surface area (Å²) in [5.74, 6) is 0.755. The standard InChI is InChI=1S/C17H21NO3/c1-4-18-15(10-9-13(11-19)17(18)20)14-7-5-6-8-16(14)21-12(2)3/h5-10,12,19H,4,11H2,1-3H3. The van der Waals surface area contributed by atoms with Gasteiger partial charge >= 0.3 is 0 Å². The molecule has 21 heavy (non-hydrogen) atoms. The van der Waals surface area contributed by atoms with Crippen LogP contribution < -0.4 is 10.3 Å². The molecule has 0 amide bonds. The largest absolute Gasteiger partial charge is 0.490 e. The van der Waals surface area contributed by atoms with Crippen molar-refractivity contribution >= 4 is 0 Å². The summed E-state index contributed by atoms with van der Waals surface area (Å²) in [6, 6.07) is 11.2. The van der Waals surface area contributed by atoms with Crippen molar-refractivity contribution in [2.24, 2.45) is 0 Å². The molecule has 0 aliphatic carbocycles. The lowest BCUT2D eigenvalue weighted by atomic mass is 10.1. The number of benzene rings is 1. The van der Waals surface area contributed by atoms with Crippen LogP contribution in [0.4, 0.5) is 0 Å². The van der Waals surface area contributed by atoms with Gasteiger partial charge in [-0.1, -0.05) is 12.1 Å². The highest BCUT2D eigenvalue weighted by Crippen LogP contribution is 2.30. The first-order valence-electron chi connectivity index (χ1n) is 7.18. The molecule has 1 aromatic carbocycles. The molecule has 2 aromatic rings. The minimum Gasteiger partial charge on any atom is -0.490 e. The van der Waals surface area contributed by atoms with E-state index in [2.05, 4.69) is 0 Å². The summed E-state index contributed by atoms with van der Waals surface area (Å²) >= 11 is 0. The highest BCUT2D eigenvalue weighted by Gasteiger charge is 2.13. The molecule has 4 heteroatoms. The second-order valence-corrected chi connectivity index (χ2v) is 5.11. The molecule has 1 N–H and O–H groups in total. The van der Waals surface area contributed by atoms with Gasteiger partial charge in [0.25, 0.3) is 5.56 Å². The predicted octanol–water partition coefficient (Wildman–Crippen LogP) is 2.81. The fraction of sp³-hybridized carbons (Fsp3) is 0.353. The molecule has 112 valence electrons. The zero-order valence-electron chi connectivity index (χ0n) is 12.7. The van der Waals surface area contributed by atoms with Gasteiger partial charge in [0, 0.05) is 17.7 Å². The Labute approximate surface area is 124 Å². The predicted molar refractivity (Wildman–Crippen MR) is 83.5 cm³/mol. The first-order chi connectivity index (χ1) is 10.1. The van der Waals surface area contributed by atoms with Gasteiger partial charge in [-0.05, 0) is 45.0 Å². The molecule has 0 atom stereocenters. The summed E-state index contributed by atoms with van der Waals surface area (Å²) < 4.78 is 7.49. The average Bonchev–Trinajstić information content (AvgIpc) is 2.47. The topological polar surface area (TPSA) is 51.5 Å². The summed E-state index contributed by atoms with van der Waals surface area (Å²) in [5.41, 5.74) is 1.94. The Kier molecular flexibility index (Phi) is 4.81. The smallest absolute Gasteiger partial charge is 0.256 e. The minimum absolute atomic E-state index is 0.0599. The molecule has 4 nitrogen and oxygen atoms in total. The van der Waals surface area contributed by atoms with Gasteiger partial charge in [0.1, 0.15) is 5.75 Å². The monoisotopic (exact) mass is 287 g/mol. The van der Waals surface area contributed by atoms with Crippen LogP contribution in [-0.4, -0.2) is 15.8 Å². The Morgan fingerprint density at radius 2 is 1.90 bits per heavy atom. The van der Waals surface area contributed by atoms with Gasteiger partial charge in [-0.3, -0.25) is 4.79 Å². The van der Waals surface area contributed by atoms with Gasteiger partial charge in [-0.25, -0.2) is 0 Å². The number of para-hydroxylation sites is 1. The van der Waals surface area contributed by atoms with Crippen LogP contribution >= 0.6 is 0 Å². The Bertz CT molecular complexity index is 674. The first-order valence-corrected chi connectivity index (χ1v) is 7.18. The Balaban J connectivity index is 2.62. The molecule has 0 saturated heterocycles. The number of nitrogens with zero attached hydrogens (tertiary/aromatic N) is 1. The maximum atomic E-state index is 12.3. The van der Waals surface area contributed by atoms with E-state index in [1.165, 1.54) is 0 Å². The molecular formula is C17H21NO3. The van der Waals surface area contributed by atoms with E-state index in [4.69, 9.17) is 4.74 Å². The van der Waals surface area contributed by atoms with Crippen molar-refractivity contribution < 1.29 is 9.84 Å². The van der Waals surface area contributed by atoms with Crippen molar-refractivity contribution in [3.63, 3.8) is 0 Å². The molecular weight excluding hydrogens is 266 g/mol. The van der Waals surface area contributed by atoms with Crippen molar-refractivity contribution in [3.8, 4) is 17.0 Å². The van der Waals surface area contributed by atoms with Gasteiger partial charge in [-0.2, -0.15) is 0 Å². The van der Waals surface area contributed by atoms with Gasteiger partial charge in [-0.15, -0.1) is 0 Å². The van der Waals surface area contributed by atoms with Gasteiger partial charge in [0.05, 0.1) is 18.4 Å². The van der Waals surface area contributed by atoms with Crippen LogP contribution in [0.2, 0.25) is 0 Å². The number of aliphatic hydroxyl groups excluding tert-OH is 1. The van der Waals surface area contributed by atoms with E-state index < -0.39 is 0 Å². The molecule has 2 rings (SSSR count). The fourth-order valence-corrected chi connectivity index (χ4v) is 2.33. The number of aromatic nitrogens is 1. The maximum Gasteiger partial charge on any atom is 0.256 e. The van der Waals surface area contributed by atoms with E-state index in [0.717, 1.165) is 17.0 Å². The van der Waals surface area contributed by atoms with Crippen LogP contribution in [0.3, 0.4) is 0 Å². The molecule has 0 fully saturated rings. The van der Waals surface area contributed by atoms with E-state index in [-0.39, 0.29) is 18.3 Å². The Hall–Kier alpha value is -2.07. The SMILES string of the molecule is CCn1c(-c2ccccc2OC(C)C)ccc(CO)c1=O. The fourth-order valence-electron chi connectivity index (χ4n) is 2.33. The highest BCUT2D eigenvalue weighted by atomic mass is 16.5. The molecule has 0 aliphatic rings. The maximum absolute atomic E-state index is 12.3. The summed E-state index contributed by atoms with van der Waals surface area (Å²) in [6.07, 6.45) is 0.0599. The van der Waals surface area contributed by atoms with E-state index in [0.29, 0.717) is 12.1 Å². The van der Waals surface area contributed by atoms with Crippen LogP contribution in [0, 0.1) is 0 Å². The van der Waals surface area contributed by atoms with Crippen molar-refractivity contribution in [2.45, 2.75) is 40.0 Å². The molecule has 1 heterocycles. The highest BCUT2D eigenvalue weighted by molar-refractivity contribution is 5.67. The molecule has 0 unspecified atom stereocenters. The number of hydrogen-bond donors (Lipinski definition) is 1. The minimum atomic E-state index is -0.247. The van der Waals surface area contributed by atoms with Gasteiger partial charge in [0.15, 0.2) is 0 Å². The zero-order chi connectivity index (χ0) is 15.4. The lowest BCUT2D eigenvalue weighted by Gasteiger charge is -2.17. The van der Waals surface area contributed by atoms with Crippen LogP contribution in [0.5, 0.6) is 5.75 Å². The van der Waals surface area contributed by atoms with Crippen molar-refractivity contribution in [1.29, 1.82) is 0 Å². The number of ether oxygens (including phenoxy) is 1. The number of pyridine rings is 1. The lowest BCUT2D eigenvalue weighted by Crippen LogP contribution is -2.24. The molecule has 0 radical (unpaired) electrons. The molecule has 0 spiro atoms. The number of hydrogen-bond acceptors (Lipinski definition) is 3. The summed E-state index contributed by atoms with van der Waals surface area (Å²) in [5, 5.41) is 9.24. The summed E-state index contributed by atoms with van der Waals surface area (Å²) in [4.78, 5) is 12.3. The van der Waals surface area contributed by atoms with Gasteiger partial charge < -0.3 is 14.4 Å². The third-order valence-electron chi connectivity index (χ3n) is 3.27. The Morgan fingerprint density at radius 3 is 2.52 bits per heavy atom. The second kappa shape index (κ2) is 6.59. The van der Waals surface area contributed by atoms with E-state index >= 15 is 0 Å². The van der Waals surface area contributed by atoms with Crippen LogP contribution in [0.1, 0.15) is 26.3 Å². The second-order valence-electron chi connectivity index (χ2n) is 5.11. The average molecular weight is 287 g/mol. The van der Waals surface area contributed by atoms with Crippen molar-refractivity contribution in [1.82, 2.24) is 4.57 Å². The van der Waals surface area contributed by atoms with E-state index in [1.54, 1.807) is 10.6 Å². The third kappa shape index (κ3) is 3.16. The zero-order valence-corrected chi connectivity index (χ0v) is 12.7. The molecule has 0 saturated carbocycles. The lowest BCUT2D eigenvalue weighted by molar-refractivity contribution is 0.243. The third-order valence-corrected chi connectivity index (χ3v) is 3.27. The summed E-state index contributed by atoms with van der Waals surface area (Å²) in [6.45, 7) is 6.15. The Morgan fingerprint density at radius 1 is 1.19 bits per heavy atom. The van der Waals surface area contributed by atoms with Crippen LogP contribution in [0.15, 0.2) is 41.2 Å². The normalized spacial score (nSPS) is 10.9. The first kappa shape index (κ1) is 15.3. The van der Waals surface area contributed by atoms with Crippen molar-refractivity contribution in [2.75, 3.05) is 0 Å². The molecule has 0 bridgehead atoms. The van der Waals surface area contributed by atoms with Crippen LogP contribution in [-0.2, 0) is 13.2 Å². The van der Waals surface area contributed by atoms with E-state index in [9.17, 15) is 9.90 Å². The van der Waals surface area contributed by atoms with Crippen LogP contribution in [0.25, 0.3) is 11.3 Å². The quantitative estimate of drug-likeness (QED) is 0.920. The molecule has 0 aliphatic heterocycles. The van der Waals surface area contributed by atoms with E-state index in [1.807, 2.05) is 51.1 Å². The number of aliphatic hydroxyl groups is 1.